The Labute approximate surface area is 140 Å². The molecule has 130 valence electrons. The van der Waals surface area contributed by atoms with Gasteiger partial charge in [-0.3, -0.25) is 0 Å². The molecule has 2 aliphatic carbocycles. The summed E-state index contributed by atoms with van der Waals surface area (Å²) in [7, 11) is 0. The highest BCUT2D eigenvalue weighted by Crippen LogP contribution is 2.60. The normalized spacial score (nSPS) is 33.8. The summed E-state index contributed by atoms with van der Waals surface area (Å²) in [5.41, 5.74) is 2.75. The van der Waals surface area contributed by atoms with Crippen LogP contribution in [-0.2, 0) is 4.79 Å². The van der Waals surface area contributed by atoms with Crippen LogP contribution < -0.4 is 0 Å². The first-order chi connectivity index (χ1) is 10.7. The molecule has 2 N–H and O–H groups in total. The van der Waals surface area contributed by atoms with Gasteiger partial charge in [0.25, 0.3) is 0 Å². The summed E-state index contributed by atoms with van der Waals surface area (Å²) in [5.74, 6) is 0.218. The van der Waals surface area contributed by atoms with E-state index in [1.807, 2.05) is 0 Å². The van der Waals surface area contributed by atoms with Crippen molar-refractivity contribution in [2.75, 3.05) is 6.61 Å². The summed E-state index contributed by atoms with van der Waals surface area (Å²) in [6, 6.07) is 0. The molecule has 0 saturated heterocycles. The minimum Gasteiger partial charge on any atom is -0.478 e. The molecular weight excluding hydrogens is 288 g/mol. The molecule has 0 amide bonds. The zero-order chi connectivity index (χ0) is 17.3. The molecule has 0 radical (unpaired) electrons. The van der Waals surface area contributed by atoms with Crippen molar-refractivity contribution < 1.29 is 15.0 Å². The summed E-state index contributed by atoms with van der Waals surface area (Å²) >= 11 is 0. The average molecular weight is 320 g/mol. The third kappa shape index (κ3) is 3.71. The summed E-state index contributed by atoms with van der Waals surface area (Å²) < 4.78 is 0. The number of aliphatic hydroxyl groups is 1. The number of hydrogen-bond donors (Lipinski definition) is 2. The van der Waals surface area contributed by atoms with E-state index in [9.17, 15) is 9.90 Å². The average Bonchev–Trinajstić information content (AvgIpc) is 2.43. The Hall–Kier alpha value is -1.09. The van der Waals surface area contributed by atoms with Crippen LogP contribution in [0.2, 0.25) is 0 Å². The van der Waals surface area contributed by atoms with Gasteiger partial charge in [0.2, 0.25) is 0 Å². The van der Waals surface area contributed by atoms with Gasteiger partial charge in [0.15, 0.2) is 0 Å². The molecule has 0 aliphatic heterocycles. The highest BCUT2D eigenvalue weighted by Gasteiger charge is 2.51. The highest BCUT2D eigenvalue weighted by atomic mass is 16.4. The SMILES string of the molecule is CC1=CCC2C(C)(C)CCCC2(C)C1CCC(=CC(=O)O)CO. The summed E-state index contributed by atoms with van der Waals surface area (Å²) in [6.07, 6.45) is 10.2. The zero-order valence-corrected chi connectivity index (χ0v) is 15.1. The second-order valence-electron chi connectivity index (χ2n) is 8.47. The summed E-state index contributed by atoms with van der Waals surface area (Å²) in [6.45, 7) is 9.33. The number of aliphatic hydroxyl groups excluding tert-OH is 1. The van der Waals surface area contributed by atoms with E-state index in [0.717, 1.165) is 6.42 Å². The molecule has 2 rings (SSSR count). The molecule has 3 heteroatoms. The van der Waals surface area contributed by atoms with Gasteiger partial charge in [-0.05, 0) is 67.3 Å². The van der Waals surface area contributed by atoms with Crippen molar-refractivity contribution in [1.29, 1.82) is 0 Å². The second-order valence-corrected chi connectivity index (χ2v) is 8.47. The van der Waals surface area contributed by atoms with Gasteiger partial charge >= 0.3 is 5.97 Å². The minimum absolute atomic E-state index is 0.159. The van der Waals surface area contributed by atoms with Crippen LogP contribution in [0.1, 0.15) is 66.2 Å². The predicted octanol–water partition coefficient (Wildman–Crippen LogP) is 4.57. The van der Waals surface area contributed by atoms with E-state index in [4.69, 9.17) is 5.11 Å². The van der Waals surface area contributed by atoms with Crippen molar-refractivity contribution in [2.45, 2.75) is 66.2 Å². The fourth-order valence-electron chi connectivity index (χ4n) is 5.40. The first-order valence-corrected chi connectivity index (χ1v) is 8.90. The van der Waals surface area contributed by atoms with Gasteiger partial charge in [0, 0.05) is 6.08 Å². The molecule has 2 aliphatic rings. The molecule has 0 aromatic heterocycles. The van der Waals surface area contributed by atoms with Gasteiger partial charge in [0.1, 0.15) is 0 Å². The van der Waals surface area contributed by atoms with Crippen molar-refractivity contribution in [3.63, 3.8) is 0 Å². The van der Waals surface area contributed by atoms with E-state index in [-0.39, 0.29) is 6.61 Å². The highest BCUT2D eigenvalue weighted by molar-refractivity contribution is 5.80. The van der Waals surface area contributed by atoms with Crippen molar-refractivity contribution in [3.8, 4) is 0 Å². The molecule has 0 aromatic carbocycles. The molecule has 1 saturated carbocycles. The maximum absolute atomic E-state index is 10.9. The predicted molar refractivity (Wildman–Crippen MR) is 93.1 cm³/mol. The van der Waals surface area contributed by atoms with E-state index >= 15 is 0 Å². The van der Waals surface area contributed by atoms with Crippen LogP contribution in [0.3, 0.4) is 0 Å². The number of rotatable bonds is 5. The van der Waals surface area contributed by atoms with Crippen LogP contribution in [0.15, 0.2) is 23.3 Å². The Morgan fingerprint density at radius 1 is 1.35 bits per heavy atom. The number of carboxylic acids is 1. The fourth-order valence-corrected chi connectivity index (χ4v) is 5.40. The molecular formula is C20H32O3. The maximum atomic E-state index is 10.9. The van der Waals surface area contributed by atoms with E-state index in [2.05, 4.69) is 33.8 Å². The second kappa shape index (κ2) is 6.80. The van der Waals surface area contributed by atoms with Gasteiger partial charge < -0.3 is 10.2 Å². The lowest BCUT2D eigenvalue weighted by Crippen LogP contribution is -2.48. The molecule has 1 fully saturated rings. The van der Waals surface area contributed by atoms with E-state index in [0.29, 0.717) is 34.7 Å². The van der Waals surface area contributed by atoms with Gasteiger partial charge in [-0.15, -0.1) is 0 Å². The number of aliphatic carboxylic acids is 1. The Bertz CT molecular complexity index is 515. The van der Waals surface area contributed by atoms with Crippen LogP contribution in [0.5, 0.6) is 0 Å². The van der Waals surface area contributed by atoms with Crippen LogP contribution in [-0.4, -0.2) is 22.8 Å². The van der Waals surface area contributed by atoms with Gasteiger partial charge in [-0.25, -0.2) is 4.79 Å². The number of hydrogen-bond acceptors (Lipinski definition) is 2. The van der Waals surface area contributed by atoms with Crippen LogP contribution in [0, 0.1) is 22.7 Å². The molecule has 0 spiro atoms. The molecule has 0 heterocycles. The molecule has 3 atom stereocenters. The maximum Gasteiger partial charge on any atom is 0.328 e. The van der Waals surface area contributed by atoms with Crippen LogP contribution in [0.25, 0.3) is 0 Å². The van der Waals surface area contributed by atoms with E-state index in [1.165, 1.54) is 37.3 Å². The molecule has 3 unspecified atom stereocenters. The monoisotopic (exact) mass is 320 g/mol. The van der Waals surface area contributed by atoms with Gasteiger partial charge in [-0.2, -0.15) is 0 Å². The zero-order valence-electron chi connectivity index (χ0n) is 15.1. The first kappa shape index (κ1) is 18.3. The van der Waals surface area contributed by atoms with Crippen LogP contribution >= 0.6 is 0 Å². The number of carboxylic acid groups (broad SMARTS) is 1. The summed E-state index contributed by atoms with van der Waals surface area (Å²) in [4.78, 5) is 10.9. The Kier molecular flexibility index (Phi) is 5.40. The molecule has 3 nitrogen and oxygen atoms in total. The minimum atomic E-state index is -0.965. The topological polar surface area (TPSA) is 57.5 Å². The Morgan fingerprint density at radius 2 is 2.04 bits per heavy atom. The lowest BCUT2D eigenvalue weighted by Gasteiger charge is -2.57. The Morgan fingerprint density at radius 3 is 2.65 bits per heavy atom. The molecule has 0 bridgehead atoms. The number of fused-ring (bicyclic) bond motifs is 1. The largest absolute Gasteiger partial charge is 0.478 e. The van der Waals surface area contributed by atoms with Crippen molar-refractivity contribution in [1.82, 2.24) is 0 Å². The molecule has 0 aromatic rings. The van der Waals surface area contributed by atoms with Crippen molar-refractivity contribution >= 4 is 5.97 Å². The van der Waals surface area contributed by atoms with E-state index < -0.39 is 5.97 Å². The smallest absolute Gasteiger partial charge is 0.328 e. The fraction of sp³-hybridized carbons (Fsp3) is 0.750. The van der Waals surface area contributed by atoms with E-state index in [1.54, 1.807) is 0 Å². The third-order valence-corrected chi connectivity index (χ3v) is 6.58. The lowest BCUT2D eigenvalue weighted by molar-refractivity contribution is -0.131. The first-order valence-electron chi connectivity index (χ1n) is 8.90. The number of carbonyl (C=O) groups is 1. The molecule has 23 heavy (non-hydrogen) atoms. The standard InChI is InChI=1S/C20H32O3/c1-14-6-9-17-19(2,3)10-5-11-20(17,4)16(14)8-7-15(13-21)12-18(22)23/h6,12,16-17,21H,5,7-11,13H2,1-4H3,(H,22,23). The van der Waals surface area contributed by atoms with Gasteiger partial charge in [-0.1, -0.05) is 38.8 Å². The third-order valence-electron chi connectivity index (χ3n) is 6.58. The quantitative estimate of drug-likeness (QED) is 0.576. The van der Waals surface area contributed by atoms with Crippen molar-refractivity contribution in [2.24, 2.45) is 22.7 Å². The van der Waals surface area contributed by atoms with Crippen molar-refractivity contribution in [3.05, 3.63) is 23.3 Å². The number of allylic oxidation sites excluding steroid dienone is 2. The lowest BCUT2D eigenvalue weighted by atomic mass is 9.48. The summed E-state index contributed by atoms with van der Waals surface area (Å²) in [5, 5.41) is 18.3. The van der Waals surface area contributed by atoms with Crippen LogP contribution in [0.4, 0.5) is 0 Å². The van der Waals surface area contributed by atoms with Gasteiger partial charge in [0.05, 0.1) is 6.61 Å². The Balaban J connectivity index is 2.21.